The maximum Gasteiger partial charge on any atom is 0.326 e. The molecule has 214 valence electrons. The summed E-state index contributed by atoms with van der Waals surface area (Å²) in [4.78, 5) is 86.2. The van der Waals surface area contributed by atoms with E-state index >= 15 is 0 Å². The molecule has 0 heterocycles. The highest BCUT2D eigenvalue weighted by Crippen LogP contribution is 2.05. The maximum atomic E-state index is 12.8. The number of nitrogens with two attached hydrogens (primary N) is 4. The van der Waals surface area contributed by atoms with E-state index in [1.807, 2.05) is 0 Å². The Morgan fingerprint density at radius 1 is 0.684 bits per heavy atom. The van der Waals surface area contributed by atoms with Gasteiger partial charge in [-0.3, -0.25) is 33.8 Å². The zero-order valence-electron chi connectivity index (χ0n) is 20.4. The van der Waals surface area contributed by atoms with Crippen molar-refractivity contribution < 1.29 is 48.9 Å². The SMILES string of the molecule is NC(=O)CCC(N)C(=O)NC(CCC(=O)O)C(=O)NC(CC(=O)O)C(=O)NC(CCCN=C(N)N)C(=O)O. The molecule has 0 fully saturated rings. The molecule has 18 heteroatoms. The lowest BCUT2D eigenvalue weighted by Crippen LogP contribution is -2.57. The highest BCUT2D eigenvalue weighted by molar-refractivity contribution is 5.95. The van der Waals surface area contributed by atoms with Gasteiger partial charge in [-0.15, -0.1) is 0 Å². The molecule has 18 nitrogen and oxygen atoms in total. The summed E-state index contributed by atoms with van der Waals surface area (Å²) in [5, 5.41) is 33.9. The fraction of sp³-hybridized carbons (Fsp3) is 0.600. The third-order valence-electron chi connectivity index (χ3n) is 4.89. The van der Waals surface area contributed by atoms with Crippen molar-refractivity contribution in [3.63, 3.8) is 0 Å². The van der Waals surface area contributed by atoms with Crippen molar-refractivity contribution in [2.24, 2.45) is 27.9 Å². The number of nitrogens with zero attached hydrogens (tertiary/aromatic N) is 1. The Morgan fingerprint density at radius 2 is 1.24 bits per heavy atom. The number of aliphatic carboxylic acids is 3. The Morgan fingerprint density at radius 3 is 1.74 bits per heavy atom. The number of primary amides is 1. The summed E-state index contributed by atoms with van der Waals surface area (Å²) in [6, 6.07) is -6.10. The first-order valence-corrected chi connectivity index (χ1v) is 11.3. The minimum Gasteiger partial charge on any atom is -0.481 e. The van der Waals surface area contributed by atoms with Crippen LogP contribution in [0, 0.1) is 0 Å². The number of nitrogens with one attached hydrogen (secondary N) is 3. The van der Waals surface area contributed by atoms with Crippen LogP contribution in [-0.4, -0.2) is 93.5 Å². The van der Waals surface area contributed by atoms with Crippen molar-refractivity contribution in [1.29, 1.82) is 0 Å². The summed E-state index contributed by atoms with van der Waals surface area (Å²) >= 11 is 0. The van der Waals surface area contributed by atoms with E-state index in [1.165, 1.54) is 0 Å². The number of amides is 4. The van der Waals surface area contributed by atoms with Crippen LogP contribution in [0.5, 0.6) is 0 Å². The fourth-order valence-corrected chi connectivity index (χ4v) is 2.93. The Balaban J connectivity index is 5.55. The first kappa shape index (κ1) is 33.5. The number of rotatable bonds is 19. The van der Waals surface area contributed by atoms with Gasteiger partial charge in [-0.25, -0.2) is 4.79 Å². The Kier molecular flexibility index (Phi) is 15.0. The van der Waals surface area contributed by atoms with Crippen molar-refractivity contribution in [3.8, 4) is 0 Å². The van der Waals surface area contributed by atoms with Crippen LogP contribution < -0.4 is 38.9 Å². The molecule has 0 aromatic heterocycles. The van der Waals surface area contributed by atoms with Gasteiger partial charge in [0.1, 0.15) is 18.1 Å². The van der Waals surface area contributed by atoms with Crippen molar-refractivity contribution in [3.05, 3.63) is 0 Å². The number of guanidine groups is 1. The summed E-state index contributed by atoms with van der Waals surface area (Å²) in [5.74, 6) is -8.44. The summed E-state index contributed by atoms with van der Waals surface area (Å²) in [6.45, 7) is 0.0593. The zero-order chi connectivity index (χ0) is 29.4. The molecule has 0 aliphatic rings. The van der Waals surface area contributed by atoms with E-state index in [2.05, 4.69) is 20.9 Å². The Bertz CT molecular complexity index is 921. The quantitative estimate of drug-likeness (QED) is 0.0415. The number of aliphatic imine (C=N–C) groups is 1. The Hall–Kier alpha value is -4.48. The fourth-order valence-electron chi connectivity index (χ4n) is 2.93. The average Bonchev–Trinajstić information content (AvgIpc) is 2.80. The molecular weight excluding hydrogens is 512 g/mol. The second-order valence-electron chi connectivity index (χ2n) is 8.11. The summed E-state index contributed by atoms with van der Waals surface area (Å²) in [6.07, 6.45) is -2.41. The molecule has 0 spiro atoms. The summed E-state index contributed by atoms with van der Waals surface area (Å²) < 4.78 is 0. The van der Waals surface area contributed by atoms with Gasteiger partial charge in [0.15, 0.2) is 5.96 Å². The van der Waals surface area contributed by atoms with Crippen LogP contribution >= 0.6 is 0 Å². The molecule has 0 aromatic carbocycles. The molecule has 0 saturated heterocycles. The molecule has 0 aliphatic heterocycles. The molecule has 0 aromatic rings. The number of hydrogen-bond donors (Lipinski definition) is 10. The van der Waals surface area contributed by atoms with Crippen LogP contribution in [0.4, 0.5) is 0 Å². The van der Waals surface area contributed by atoms with E-state index in [1.54, 1.807) is 0 Å². The number of carbonyl (C=O) groups excluding carboxylic acids is 4. The standard InChI is InChI=1S/C20H34N8O10/c21-9(3-5-13(22)29)16(34)26-10(4-6-14(30)31)17(35)28-12(8-15(32)33)18(36)27-11(19(37)38)2-1-7-25-20(23)24/h9-12H,1-8,21H2,(H2,22,29)(H,26,34)(H,27,36)(H,28,35)(H,30,31)(H,32,33)(H,37,38)(H4,23,24,25). The van der Waals surface area contributed by atoms with E-state index in [0.717, 1.165) is 0 Å². The van der Waals surface area contributed by atoms with Gasteiger partial charge in [0.25, 0.3) is 0 Å². The second kappa shape index (κ2) is 17.1. The van der Waals surface area contributed by atoms with Gasteiger partial charge in [-0.2, -0.15) is 0 Å². The van der Waals surface area contributed by atoms with Crippen molar-refractivity contribution in [1.82, 2.24) is 16.0 Å². The number of carbonyl (C=O) groups is 7. The van der Waals surface area contributed by atoms with Crippen LogP contribution in [0.25, 0.3) is 0 Å². The molecule has 0 radical (unpaired) electrons. The minimum absolute atomic E-state index is 0.0593. The zero-order valence-corrected chi connectivity index (χ0v) is 20.4. The average molecular weight is 547 g/mol. The predicted molar refractivity (Wildman–Crippen MR) is 129 cm³/mol. The topological polar surface area (TPSA) is 333 Å². The van der Waals surface area contributed by atoms with Crippen LogP contribution in [0.2, 0.25) is 0 Å². The molecule has 38 heavy (non-hydrogen) atoms. The third kappa shape index (κ3) is 14.8. The van der Waals surface area contributed by atoms with Crippen LogP contribution in [0.3, 0.4) is 0 Å². The largest absolute Gasteiger partial charge is 0.481 e. The maximum absolute atomic E-state index is 12.8. The summed E-state index contributed by atoms with van der Waals surface area (Å²) in [7, 11) is 0. The lowest BCUT2D eigenvalue weighted by molar-refractivity contribution is -0.143. The third-order valence-corrected chi connectivity index (χ3v) is 4.89. The lowest BCUT2D eigenvalue weighted by Gasteiger charge is -2.24. The van der Waals surface area contributed by atoms with E-state index in [4.69, 9.17) is 33.1 Å². The molecule has 14 N–H and O–H groups in total. The highest BCUT2D eigenvalue weighted by Gasteiger charge is 2.31. The molecule has 4 atom stereocenters. The molecule has 0 rings (SSSR count). The van der Waals surface area contributed by atoms with Crippen molar-refractivity contribution in [2.45, 2.75) is 69.1 Å². The first-order chi connectivity index (χ1) is 17.6. The number of carboxylic acids is 3. The van der Waals surface area contributed by atoms with E-state index in [0.29, 0.717) is 0 Å². The van der Waals surface area contributed by atoms with Gasteiger partial charge in [-0.1, -0.05) is 0 Å². The van der Waals surface area contributed by atoms with Crippen LogP contribution in [0.15, 0.2) is 4.99 Å². The van der Waals surface area contributed by atoms with Gasteiger partial charge in [0.2, 0.25) is 23.6 Å². The Labute approximate surface area is 216 Å². The smallest absolute Gasteiger partial charge is 0.326 e. The minimum atomic E-state index is -1.78. The summed E-state index contributed by atoms with van der Waals surface area (Å²) in [5.41, 5.74) is 21.0. The first-order valence-electron chi connectivity index (χ1n) is 11.3. The van der Waals surface area contributed by atoms with E-state index in [9.17, 15) is 38.7 Å². The van der Waals surface area contributed by atoms with Crippen molar-refractivity contribution in [2.75, 3.05) is 6.54 Å². The number of hydrogen-bond acceptors (Lipinski definition) is 9. The van der Waals surface area contributed by atoms with Crippen LogP contribution in [-0.2, 0) is 33.6 Å². The number of carboxylic acid groups (broad SMARTS) is 3. The van der Waals surface area contributed by atoms with Crippen LogP contribution in [0.1, 0.15) is 44.9 Å². The normalized spacial score (nSPS) is 13.6. The van der Waals surface area contributed by atoms with E-state index in [-0.39, 0.29) is 38.2 Å². The molecule has 0 bridgehead atoms. The van der Waals surface area contributed by atoms with Gasteiger partial charge >= 0.3 is 17.9 Å². The monoisotopic (exact) mass is 546 g/mol. The second-order valence-corrected chi connectivity index (χ2v) is 8.11. The van der Waals surface area contributed by atoms with E-state index < -0.39 is 85.0 Å². The van der Waals surface area contributed by atoms with Gasteiger partial charge in [0, 0.05) is 19.4 Å². The van der Waals surface area contributed by atoms with Gasteiger partial charge in [-0.05, 0) is 25.7 Å². The highest BCUT2D eigenvalue weighted by atomic mass is 16.4. The lowest BCUT2D eigenvalue weighted by atomic mass is 10.1. The van der Waals surface area contributed by atoms with Crippen molar-refractivity contribution >= 4 is 47.5 Å². The van der Waals surface area contributed by atoms with Gasteiger partial charge < -0.3 is 54.2 Å². The molecule has 0 saturated carbocycles. The molecule has 4 amide bonds. The molecular formula is C20H34N8O10. The molecule has 0 aliphatic carbocycles. The predicted octanol–water partition coefficient (Wildman–Crippen LogP) is -4.49. The van der Waals surface area contributed by atoms with Gasteiger partial charge in [0.05, 0.1) is 12.5 Å². The molecule has 4 unspecified atom stereocenters.